The van der Waals surface area contributed by atoms with Gasteiger partial charge in [-0.1, -0.05) is 0 Å². The van der Waals surface area contributed by atoms with Crippen molar-refractivity contribution in [3.63, 3.8) is 0 Å². The molecular formula is C22H30ClFN2O4S2. The molecule has 0 spiro atoms. The van der Waals surface area contributed by atoms with Crippen molar-refractivity contribution >= 4 is 38.0 Å². The van der Waals surface area contributed by atoms with E-state index in [-0.39, 0.29) is 28.2 Å². The molecule has 2 aromatic carbocycles. The van der Waals surface area contributed by atoms with Crippen LogP contribution in [0.25, 0.3) is 0 Å². The second-order valence-corrected chi connectivity index (χ2v) is 12.5. The average Bonchev–Trinajstić information content (AvgIpc) is 2.73. The van der Waals surface area contributed by atoms with Gasteiger partial charge >= 0.3 is 0 Å². The van der Waals surface area contributed by atoms with Crippen molar-refractivity contribution in [1.29, 1.82) is 0 Å². The van der Waals surface area contributed by atoms with Crippen LogP contribution in [0.1, 0.15) is 39.5 Å². The van der Waals surface area contributed by atoms with E-state index in [9.17, 15) is 21.2 Å². The van der Waals surface area contributed by atoms with Gasteiger partial charge in [-0.15, -0.1) is 12.4 Å². The molecule has 1 aliphatic carbocycles. The van der Waals surface area contributed by atoms with Crippen LogP contribution in [0, 0.1) is 11.7 Å². The lowest BCUT2D eigenvalue weighted by Crippen LogP contribution is -2.41. The lowest BCUT2D eigenvalue weighted by Gasteiger charge is -2.29. The standard InChI is InChI=1S/C22H29FN2O4S2.ClH/c1-16(2)31(28,29)25-20-7-3-17(4-8-20)15-24-19-9-13-22(14-10-19)30(26,27)21-11-5-18(23)6-12-21;/h5-6,9-14,16-17,20,24-25H,3-4,7-8,15H2,1-2H3;1H. The van der Waals surface area contributed by atoms with Crippen molar-refractivity contribution < 1.29 is 21.2 Å². The van der Waals surface area contributed by atoms with Crippen LogP contribution in [0.2, 0.25) is 0 Å². The molecule has 3 rings (SSSR count). The van der Waals surface area contributed by atoms with Crippen LogP contribution in [-0.2, 0) is 19.9 Å². The minimum Gasteiger partial charge on any atom is -0.385 e. The van der Waals surface area contributed by atoms with Gasteiger partial charge in [0.25, 0.3) is 0 Å². The van der Waals surface area contributed by atoms with Gasteiger partial charge in [0.1, 0.15) is 5.82 Å². The Morgan fingerprint density at radius 3 is 1.88 bits per heavy atom. The molecule has 2 N–H and O–H groups in total. The fourth-order valence-electron chi connectivity index (χ4n) is 3.62. The van der Waals surface area contributed by atoms with Gasteiger partial charge in [-0.2, -0.15) is 0 Å². The average molecular weight is 505 g/mol. The molecular weight excluding hydrogens is 475 g/mol. The molecule has 6 nitrogen and oxygen atoms in total. The number of hydrogen-bond donors (Lipinski definition) is 2. The molecule has 0 heterocycles. The third-order valence-electron chi connectivity index (χ3n) is 5.68. The molecule has 1 aliphatic rings. The van der Waals surface area contributed by atoms with E-state index in [0.717, 1.165) is 50.0 Å². The zero-order chi connectivity index (χ0) is 22.6. The number of halogens is 2. The number of rotatable bonds is 8. The number of sulfone groups is 1. The van der Waals surface area contributed by atoms with E-state index >= 15 is 0 Å². The van der Waals surface area contributed by atoms with Crippen LogP contribution in [-0.4, -0.2) is 34.7 Å². The summed E-state index contributed by atoms with van der Waals surface area (Å²) in [6, 6.07) is 11.3. The number of sulfonamides is 1. The first-order chi connectivity index (χ1) is 14.6. The lowest BCUT2D eigenvalue weighted by molar-refractivity contribution is 0.323. The monoisotopic (exact) mass is 504 g/mol. The fourth-order valence-corrected chi connectivity index (χ4v) is 5.85. The molecule has 0 saturated heterocycles. The highest BCUT2D eigenvalue weighted by Crippen LogP contribution is 2.26. The van der Waals surface area contributed by atoms with Gasteiger partial charge in [0.2, 0.25) is 19.9 Å². The lowest BCUT2D eigenvalue weighted by atomic mass is 9.86. The van der Waals surface area contributed by atoms with Crippen LogP contribution < -0.4 is 10.0 Å². The van der Waals surface area contributed by atoms with Gasteiger partial charge in [0.05, 0.1) is 15.0 Å². The maximum absolute atomic E-state index is 13.1. The third-order valence-corrected chi connectivity index (χ3v) is 9.37. The summed E-state index contributed by atoms with van der Waals surface area (Å²) < 4.78 is 65.2. The van der Waals surface area contributed by atoms with E-state index in [1.807, 2.05) is 0 Å². The van der Waals surface area contributed by atoms with E-state index in [1.165, 1.54) is 12.1 Å². The third kappa shape index (κ3) is 6.66. The normalized spacial score (nSPS) is 19.4. The first-order valence-corrected chi connectivity index (χ1v) is 13.5. The summed E-state index contributed by atoms with van der Waals surface area (Å²) in [6.07, 6.45) is 3.48. The minimum absolute atomic E-state index is 0. The van der Waals surface area contributed by atoms with Crippen LogP contribution in [0.4, 0.5) is 10.1 Å². The fraction of sp³-hybridized carbons (Fsp3) is 0.455. The molecule has 0 aromatic heterocycles. The molecule has 0 radical (unpaired) electrons. The van der Waals surface area contributed by atoms with Crippen molar-refractivity contribution in [3.8, 4) is 0 Å². The quantitative estimate of drug-likeness (QED) is 0.520. The Morgan fingerprint density at radius 1 is 0.875 bits per heavy atom. The van der Waals surface area contributed by atoms with Gasteiger partial charge in [0.15, 0.2) is 0 Å². The zero-order valence-corrected chi connectivity index (χ0v) is 20.6. The predicted molar refractivity (Wildman–Crippen MR) is 127 cm³/mol. The molecule has 1 saturated carbocycles. The Balaban J connectivity index is 0.00000363. The summed E-state index contributed by atoms with van der Waals surface area (Å²) in [5, 5.41) is 2.91. The number of nitrogens with one attached hydrogen (secondary N) is 2. The van der Waals surface area contributed by atoms with Crippen molar-refractivity contribution in [1.82, 2.24) is 4.72 Å². The molecule has 178 valence electrons. The molecule has 0 atom stereocenters. The Morgan fingerprint density at radius 2 is 1.38 bits per heavy atom. The van der Waals surface area contributed by atoms with Crippen molar-refractivity contribution in [2.24, 2.45) is 5.92 Å². The smallest absolute Gasteiger partial charge is 0.214 e. The first-order valence-electron chi connectivity index (χ1n) is 10.4. The summed E-state index contributed by atoms with van der Waals surface area (Å²) in [4.78, 5) is 0.210. The van der Waals surface area contributed by atoms with E-state index in [2.05, 4.69) is 10.0 Å². The van der Waals surface area contributed by atoms with Gasteiger partial charge in [-0.05, 0) is 94.0 Å². The van der Waals surface area contributed by atoms with Crippen molar-refractivity contribution in [2.75, 3.05) is 11.9 Å². The minimum atomic E-state index is -3.69. The highest BCUT2D eigenvalue weighted by atomic mass is 35.5. The van der Waals surface area contributed by atoms with Crippen LogP contribution in [0.3, 0.4) is 0 Å². The summed E-state index contributed by atoms with van der Waals surface area (Å²) in [6.45, 7) is 4.09. The van der Waals surface area contributed by atoms with Crippen LogP contribution in [0.15, 0.2) is 58.3 Å². The topological polar surface area (TPSA) is 92.3 Å². The van der Waals surface area contributed by atoms with E-state index < -0.39 is 30.9 Å². The molecule has 0 aliphatic heterocycles. The maximum Gasteiger partial charge on any atom is 0.214 e. The molecule has 0 unspecified atom stereocenters. The van der Waals surface area contributed by atoms with E-state index in [0.29, 0.717) is 5.92 Å². The SMILES string of the molecule is CC(C)S(=O)(=O)NC1CCC(CNc2ccc(S(=O)(=O)c3ccc(F)cc3)cc2)CC1.Cl. The van der Waals surface area contributed by atoms with Gasteiger partial charge < -0.3 is 5.32 Å². The highest BCUT2D eigenvalue weighted by molar-refractivity contribution is 7.91. The summed E-state index contributed by atoms with van der Waals surface area (Å²) >= 11 is 0. The summed E-state index contributed by atoms with van der Waals surface area (Å²) in [7, 11) is -6.93. The highest BCUT2D eigenvalue weighted by Gasteiger charge is 2.26. The summed E-state index contributed by atoms with van der Waals surface area (Å²) in [5.74, 6) is -0.0488. The maximum atomic E-state index is 13.1. The van der Waals surface area contributed by atoms with Crippen molar-refractivity contribution in [3.05, 3.63) is 54.3 Å². The Hall–Kier alpha value is -1.68. The Bertz CT molecular complexity index is 1080. The van der Waals surface area contributed by atoms with Crippen LogP contribution >= 0.6 is 12.4 Å². The van der Waals surface area contributed by atoms with Gasteiger partial charge in [0, 0.05) is 18.3 Å². The summed E-state index contributed by atoms with van der Waals surface area (Å²) in [5.41, 5.74) is 0.820. The van der Waals surface area contributed by atoms with Gasteiger partial charge in [-0.3, -0.25) is 0 Å². The second kappa shape index (κ2) is 11.0. The molecule has 10 heteroatoms. The molecule has 0 bridgehead atoms. The first kappa shape index (κ1) is 26.6. The number of hydrogen-bond acceptors (Lipinski definition) is 5. The zero-order valence-electron chi connectivity index (χ0n) is 18.1. The second-order valence-electron chi connectivity index (χ2n) is 8.29. The molecule has 1 fully saturated rings. The number of anilines is 1. The largest absolute Gasteiger partial charge is 0.385 e. The molecule has 0 amide bonds. The van der Waals surface area contributed by atoms with Crippen molar-refractivity contribution in [2.45, 2.75) is 60.6 Å². The molecule has 32 heavy (non-hydrogen) atoms. The Kier molecular flexibility index (Phi) is 9.10. The van der Waals surface area contributed by atoms with E-state index in [1.54, 1.807) is 38.1 Å². The predicted octanol–water partition coefficient (Wildman–Crippen LogP) is 4.38. The van der Waals surface area contributed by atoms with Gasteiger partial charge in [-0.25, -0.2) is 25.9 Å². The van der Waals surface area contributed by atoms with E-state index in [4.69, 9.17) is 0 Å². The van der Waals surface area contributed by atoms with Crippen LogP contribution in [0.5, 0.6) is 0 Å². The Labute approximate surface area is 196 Å². The number of benzene rings is 2. The molecule has 2 aromatic rings.